The van der Waals surface area contributed by atoms with Crippen molar-refractivity contribution in [2.75, 3.05) is 12.3 Å². The van der Waals surface area contributed by atoms with Gasteiger partial charge in [-0.25, -0.2) is 0 Å². The van der Waals surface area contributed by atoms with Crippen molar-refractivity contribution in [1.82, 2.24) is 0 Å². The summed E-state index contributed by atoms with van der Waals surface area (Å²) < 4.78 is 0. The second-order valence-corrected chi connectivity index (χ2v) is 5.50. The van der Waals surface area contributed by atoms with Crippen LogP contribution in [0, 0.1) is 0 Å². The number of nitrogens with zero attached hydrogens (tertiary/aromatic N) is 1. The molecule has 0 fully saturated rings. The number of aliphatic imine (C=N–C) groups is 1. The van der Waals surface area contributed by atoms with Crippen LogP contribution in [0.2, 0.25) is 0 Å². The van der Waals surface area contributed by atoms with E-state index in [1.54, 1.807) is 0 Å². The molecule has 1 aliphatic rings. The van der Waals surface area contributed by atoms with Gasteiger partial charge in [-0.15, -0.1) is 11.8 Å². The molecule has 3 rings (SSSR count). The largest absolute Gasteiger partial charge is 0.278 e. The van der Waals surface area contributed by atoms with Crippen molar-refractivity contribution in [3.8, 4) is 11.1 Å². The summed E-state index contributed by atoms with van der Waals surface area (Å²) in [5.74, 6) is 1.12. The average Bonchev–Trinajstić information content (AvgIpc) is 3.00. The highest BCUT2D eigenvalue weighted by Gasteiger charge is 2.02. The summed E-state index contributed by atoms with van der Waals surface area (Å²) >= 11 is 1.82. The molecular weight excluding hydrogens is 250 g/mol. The van der Waals surface area contributed by atoms with E-state index >= 15 is 0 Å². The van der Waals surface area contributed by atoms with Crippen molar-refractivity contribution in [3.63, 3.8) is 0 Å². The van der Waals surface area contributed by atoms with Crippen LogP contribution in [0.25, 0.3) is 17.2 Å². The van der Waals surface area contributed by atoms with Gasteiger partial charge in [0.05, 0.1) is 5.04 Å². The van der Waals surface area contributed by atoms with Crippen molar-refractivity contribution in [2.45, 2.75) is 0 Å². The van der Waals surface area contributed by atoms with Gasteiger partial charge in [-0.1, -0.05) is 60.7 Å². The fourth-order valence-electron chi connectivity index (χ4n) is 2.04. The Morgan fingerprint density at radius 2 is 1.58 bits per heavy atom. The van der Waals surface area contributed by atoms with Crippen LogP contribution in [0.15, 0.2) is 65.7 Å². The van der Waals surface area contributed by atoms with Gasteiger partial charge in [0.1, 0.15) is 0 Å². The predicted octanol–water partition coefficient (Wildman–Crippen LogP) is 4.51. The molecule has 1 heterocycles. The van der Waals surface area contributed by atoms with E-state index in [0.29, 0.717) is 0 Å². The Morgan fingerprint density at radius 1 is 0.842 bits per heavy atom. The van der Waals surface area contributed by atoms with Gasteiger partial charge in [-0.3, -0.25) is 4.99 Å². The van der Waals surface area contributed by atoms with E-state index in [2.05, 4.69) is 65.7 Å². The van der Waals surface area contributed by atoms with Gasteiger partial charge in [0.25, 0.3) is 0 Å². The van der Waals surface area contributed by atoms with Crippen LogP contribution in [0.5, 0.6) is 0 Å². The maximum atomic E-state index is 4.41. The third kappa shape index (κ3) is 3.15. The lowest BCUT2D eigenvalue weighted by molar-refractivity contribution is 1.18. The van der Waals surface area contributed by atoms with Crippen LogP contribution in [0.3, 0.4) is 0 Å². The molecule has 2 heteroatoms. The minimum Gasteiger partial charge on any atom is -0.278 e. The molecule has 0 bridgehead atoms. The lowest BCUT2D eigenvalue weighted by Gasteiger charge is -2.01. The topological polar surface area (TPSA) is 12.4 Å². The molecule has 0 unspecified atom stereocenters. The molecule has 94 valence electrons. The molecule has 0 amide bonds. The second-order valence-electron chi connectivity index (χ2n) is 4.39. The molecule has 19 heavy (non-hydrogen) atoms. The molecule has 1 nitrogen and oxygen atoms in total. The maximum Gasteiger partial charge on any atom is 0.0905 e. The summed E-state index contributed by atoms with van der Waals surface area (Å²) in [7, 11) is 0. The first-order valence-electron chi connectivity index (χ1n) is 6.43. The molecule has 0 aromatic heterocycles. The molecule has 2 aromatic rings. The van der Waals surface area contributed by atoms with E-state index in [4.69, 9.17) is 0 Å². The number of rotatable bonds is 3. The molecule has 0 atom stereocenters. The molecule has 0 aliphatic carbocycles. The zero-order chi connectivity index (χ0) is 12.9. The van der Waals surface area contributed by atoms with Crippen LogP contribution in [0.4, 0.5) is 0 Å². The summed E-state index contributed by atoms with van der Waals surface area (Å²) in [6.07, 6.45) is 4.24. The van der Waals surface area contributed by atoms with Gasteiger partial charge in [0.15, 0.2) is 0 Å². The number of benzene rings is 2. The summed E-state index contributed by atoms with van der Waals surface area (Å²) in [4.78, 5) is 4.41. The molecular formula is C17H15NS. The van der Waals surface area contributed by atoms with E-state index < -0.39 is 0 Å². The quantitative estimate of drug-likeness (QED) is 0.795. The Morgan fingerprint density at radius 3 is 2.26 bits per heavy atom. The Balaban J connectivity index is 1.76. The van der Waals surface area contributed by atoms with Gasteiger partial charge < -0.3 is 0 Å². The van der Waals surface area contributed by atoms with Crippen LogP contribution >= 0.6 is 11.8 Å². The number of hydrogen-bond acceptors (Lipinski definition) is 2. The zero-order valence-corrected chi connectivity index (χ0v) is 11.4. The van der Waals surface area contributed by atoms with Gasteiger partial charge in [-0.2, -0.15) is 0 Å². The van der Waals surface area contributed by atoms with E-state index in [1.165, 1.54) is 16.7 Å². The monoisotopic (exact) mass is 265 g/mol. The molecule has 0 saturated carbocycles. The molecule has 1 aliphatic heterocycles. The van der Waals surface area contributed by atoms with Crippen molar-refractivity contribution in [1.29, 1.82) is 0 Å². The van der Waals surface area contributed by atoms with Crippen molar-refractivity contribution in [3.05, 3.63) is 66.2 Å². The fourth-order valence-corrected chi connectivity index (χ4v) is 2.78. The van der Waals surface area contributed by atoms with E-state index in [-0.39, 0.29) is 0 Å². The van der Waals surface area contributed by atoms with Crippen molar-refractivity contribution in [2.24, 2.45) is 4.99 Å². The Hall–Kier alpha value is -1.80. The van der Waals surface area contributed by atoms with Crippen molar-refractivity contribution < 1.29 is 0 Å². The first-order valence-corrected chi connectivity index (χ1v) is 7.41. The molecule has 0 N–H and O–H groups in total. The first-order chi connectivity index (χ1) is 9.42. The highest BCUT2D eigenvalue weighted by molar-refractivity contribution is 8.14. The van der Waals surface area contributed by atoms with E-state index in [0.717, 1.165) is 17.3 Å². The third-order valence-electron chi connectivity index (χ3n) is 3.05. The van der Waals surface area contributed by atoms with E-state index in [9.17, 15) is 0 Å². The summed E-state index contributed by atoms with van der Waals surface area (Å²) in [5, 5.41) is 1.15. The molecule has 0 radical (unpaired) electrons. The van der Waals surface area contributed by atoms with Crippen molar-refractivity contribution >= 4 is 22.9 Å². The lowest BCUT2D eigenvalue weighted by Crippen LogP contribution is -1.80. The predicted molar refractivity (Wildman–Crippen MR) is 85.7 cm³/mol. The molecule has 0 spiro atoms. The minimum atomic E-state index is 0.956. The lowest BCUT2D eigenvalue weighted by atomic mass is 10.0. The summed E-state index contributed by atoms with van der Waals surface area (Å²) in [6.45, 7) is 0.956. The van der Waals surface area contributed by atoms with Gasteiger partial charge >= 0.3 is 0 Å². The second kappa shape index (κ2) is 5.89. The maximum absolute atomic E-state index is 4.41. The van der Waals surface area contributed by atoms with E-state index in [1.807, 2.05) is 17.8 Å². The molecule has 2 aromatic carbocycles. The van der Waals surface area contributed by atoms with Gasteiger partial charge in [0.2, 0.25) is 0 Å². The highest BCUT2D eigenvalue weighted by atomic mass is 32.2. The minimum absolute atomic E-state index is 0.956. The summed E-state index contributed by atoms with van der Waals surface area (Å²) in [6, 6.07) is 19.1. The van der Waals surface area contributed by atoms with Gasteiger partial charge in [-0.05, 0) is 22.8 Å². The van der Waals surface area contributed by atoms with Crippen LogP contribution in [-0.4, -0.2) is 17.3 Å². The van der Waals surface area contributed by atoms with Crippen LogP contribution in [0.1, 0.15) is 5.56 Å². The van der Waals surface area contributed by atoms with Gasteiger partial charge in [0, 0.05) is 12.3 Å². The average molecular weight is 265 g/mol. The standard InChI is InChI=1S/C17H15NS/c1-2-4-15(5-3-1)16-9-6-14(7-10-16)8-11-17-18-12-13-19-17/h1-11H,12-13H2/b11-8+. The SMILES string of the molecule is C(=C\c1ccc(-c2ccccc2)cc1)/C1=NCCS1. The third-order valence-corrected chi connectivity index (χ3v) is 3.99. The Bertz CT molecular complexity index is 597. The zero-order valence-electron chi connectivity index (χ0n) is 10.6. The number of thioether (sulfide) groups is 1. The first kappa shape index (κ1) is 12.2. The smallest absolute Gasteiger partial charge is 0.0905 e. The Kier molecular flexibility index (Phi) is 3.80. The highest BCUT2D eigenvalue weighted by Crippen LogP contribution is 2.20. The normalized spacial score (nSPS) is 14.8. The summed E-state index contributed by atoms with van der Waals surface area (Å²) in [5.41, 5.74) is 3.73. The molecule has 0 saturated heterocycles. The number of hydrogen-bond donors (Lipinski definition) is 0. The van der Waals surface area contributed by atoms with Crippen LogP contribution < -0.4 is 0 Å². The van der Waals surface area contributed by atoms with Crippen LogP contribution in [-0.2, 0) is 0 Å². The Labute approximate surface area is 118 Å². The fraction of sp³-hybridized carbons (Fsp3) is 0.118.